The van der Waals surface area contributed by atoms with Crippen molar-refractivity contribution in [3.8, 4) is 5.75 Å². The molecule has 0 aliphatic carbocycles. The van der Waals surface area contributed by atoms with Gasteiger partial charge in [0.05, 0.1) is 23.6 Å². The van der Waals surface area contributed by atoms with Gasteiger partial charge in [-0.15, -0.1) is 0 Å². The van der Waals surface area contributed by atoms with Gasteiger partial charge in [0.25, 0.3) is 0 Å². The summed E-state index contributed by atoms with van der Waals surface area (Å²) in [5, 5.41) is 3.38. The molecule has 1 saturated heterocycles. The van der Waals surface area contributed by atoms with Crippen LogP contribution >= 0.6 is 23.4 Å². The van der Waals surface area contributed by atoms with E-state index in [2.05, 4.69) is 31.2 Å². The number of halogens is 2. The van der Waals surface area contributed by atoms with Gasteiger partial charge in [0.1, 0.15) is 28.7 Å². The summed E-state index contributed by atoms with van der Waals surface area (Å²) >= 11 is 7.07. The number of thioether (sulfide) groups is 1. The molecule has 0 radical (unpaired) electrons. The topological polar surface area (TPSA) is 70.6 Å². The summed E-state index contributed by atoms with van der Waals surface area (Å²) in [6.45, 7) is 3.31. The standard InChI is InChI=1S/C23H23ClFN5O2S/c1-32-20-5-3-2-4-19(20)29-8-10-30(11-9-29)21-13-23(27-15-26-21)33-14-22(31)28-16-6-7-18(25)17(24)12-16/h2-7,12-13,15H,8-11,14H2,1H3,(H,28,31). The first-order valence-electron chi connectivity index (χ1n) is 10.4. The van der Waals surface area contributed by atoms with E-state index in [0.29, 0.717) is 10.7 Å². The number of hydrogen-bond acceptors (Lipinski definition) is 7. The Hall–Kier alpha value is -3.04. The summed E-state index contributed by atoms with van der Waals surface area (Å²) in [7, 11) is 1.68. The molecule has 0 spiro atoms. The molecule has 1 amide bonds. The molecule has 2 aromatic carbocycles. The number of nitrogens with one attached hydrogen (secondary N) is 1. The van der Waals surface area contributed by atoms with Crippen molar-refractivity contribution in [3.05, 3.63) is 65.7 Å². The average Bonchev–Trinajstić information content (AvgIpc) is 2.85. The number of hydrogen-bond donors (Lipinski definition) is 1. The predicted octanol–water partition coefficient (Wildman–Crippen LogP) is 4.34. The van der Waals surface area contributed by atoms with Gasteiger partial charge in [-0.1, -0.05) is 35.5 Å². The van der Waals surface area contributed by atoms with Gasteiger partial charge in [0, 0.05) is 37.9 Å². The van der Waals surface area contributed by atoms with E-state index < -0.39 is 5.82 Å². The van der Waals surface area contributed by atoms with Crippen LogP contribution in [0.1, 0.15) is 0 Å². The first-order valence-corrected chi connectivity index (χ1v) is 11.7. The van der Waals surface area contributed by atoms with E-state index in [9.17, 15) is 9.18 Å². The highest BCUT2D eigenvalue weighted by Gasteiger charge is 2.21. The molecule has 0 unspecified atom stereocenters. The summed E-state index contributed by atoms with van der Waals surface area (Å²) in [6, 6.07) is 14.0. The van der Waals surface area contributed by atoms with Crippen LogP contribution in [0, 0.1) is 5.82 Å². The number of benzene rings is 2. The number of methoxy groups -OCH3 is 1. The molecule has 1 aromatic heterocycles. The zero-order valence-electron chi connectivity index (χ0n) is 18.0. The minimum Gasteiger partial charge on any atom is -0.495 e. The molecule has 2 heterocycles. The Morgan fingerprint density at radius 2 is 1.88 bits per heavy atom. The second-order valence-electron chi connectivity index (χ2n) is 7.33. The predicted molar refractivity (Wildman–Crippen MR) is 130 cm³/mol. The largest absolute Gasteiger partial charge is 0.495 e. The average molecular weight is 488 g/mol. The summed E-state index contributed by atoms with van der Waals surface area (Å²) in [4.78, 5) is 25.5. The van der Waals surface area contributed by atoms with Crippen molar-refractivity contribution in [2.24, 2.45) is 0 Å². The lowest BCUT2D eigenvalue weighted by Crippen LogP contribution is -2.47. The van der Waals surface area contributed by atoms with Crippen LogP contribution in [0.2, 0.25) is 5.02 Å². The number of rotatable bonds is 7. The van der Waals surface area contributed by atoms with Crippen LogP contribution in [0.3, 0.4) is 0 Å². The number of nitrogens with zero attached hydrogens (tertiary/aromatic N) is 4. The van der Waals surface area contributed by atoms with E-state index in [1.54, 1.807) is 7.11 Å². The smallest absolute Gasteiger partial charge is 0.234 e. The molecular formula is C23H23ClFN5O2S. The van der Waals surface area contributed by atoms with Crippen LogP contribution in [-0.2, 0) is 4.79 Å². The van der Waals surface area contributed by atoms with Gasteiger partial charge >= 0.3 is 0 Å². The van der Waals surface area contributed by atoms with E-state index in [4.69, 9.17) is 16.3 Å². The van der Waals surface area contributed by atoms with Crippen molar-refractivity contribution in [2.45, 2.75) is 5.03 Å². The van der Waals surface area contributed by atoms with E-state index in [-0.39, 0.29) is 16.7 Å². The highest BCUT2D eigenvalue weighted by Crippen LogP contribution is 2.29. The molecule has 0 saturated carbocycles. The first-order chi connectivity index (χ1) is 16.0. The molecule has 4 rings (SSSR count). The maximum Gasteiger partial charge on any atom is 0.234 e. The fourth-order valence-corrected chi connectivity index (χ4v) is 4.40. The van der Waals surface area contributed by atoms with Gasteiger partial charge in [-0.25, -0.2) is 14.4 Å². The van der Waals surface area contributed by atoms with Crippen molar-refractivity contribution in [1.82, 2.24) is 9.97 Å². The molecule has 0 bridgehead atoms. The third kappa shape index (κ3) is 5.85. The van der Waals surface area contributed by atoms with Crippen molar-refractivity contribution in [2.75, 3.05) is 54.2 Å². The number of para-hydroxylation sites is 2. The SMILES string of the molecule is COc1ccccc1N1CCN(c2cc(SCC(=O)Nc3ccc(F)c(Cl)c3)ncn2)CC1. The second-order valence-corrected chi connectivity index (χ2v) is 8.73. The normalized spacial score (nSPS) is 13.7. The van der Waals surface area contributed by atoms with Crippen LogP contribution in [0.25, 0.3) is 0 Å². The number of carbonyl (C=O) groups is 1. The molecule has 33 heavy (non-hydrogen) atoms. The Balaban J connectivity index is 1.31. The lowest BCUT2D eigenvalue weighted by atomic mass is 10.2. The first kappa shape index (κ1) is 23.1. The van der Waals surface area contributed by atoms with Crippen molar-refractivity contribution >= 4 is 46.5 Å². The third-order valence-corrected chi connectivity index (χ3v) is 6.43. The lowest BCUT2D eigenvalue weighted by Gasteiger charge is -2.37. The molecule has 1 fully saturated rings. The number of ether oxygens (including phenoxy) is 1. The Bertz CT molecular complexity index is 1130. The van der Waals surface area contributed by atoms with Gasteiger partial charge in [-0.05, 0) is 30.3 Å². The monoisotopic (exact) mass is 487 g/mol. The molecule has 172 valence electrons. The van der Waals surface area contributed by atoms with E-state index in [1.807, 2.05) is 24.3 Å². The Kier molecular flexibility index (Phi) is 7.51. The van der Waals surface area contributed by atoms with Crippen LogP contribution < -0.4 is 19.9 Å². The van der Waals surface area contributed by atoms with Crippen LogP contribution in [-0.4, -0.2) is 54.9 Å². The number of amides is 1. The van der Waals surface area contributed by atoms with Crippen molar-refractivity contribution in [3.63, 3.8) is 0 Å². The number of carbonyl (C=O) groups excluding carboxylic acids is 1. The molecule has 10 heteroatoms. The quantitative estimate of drug-likeness (QED) is 0.392. The zero-order chi connectivity index (χ0) is 23.2. The van der Waals surface area contributed by atoms with Gasteiger partial charge in [0.15, 0.2) is 0 Å². The van der Waals surface area contributed by atoms with Gasteiger partial charge in [-0.2, -0.15) is 0 Å². The molecule has 7 nitrogen and oxygen atoms in total. The Labute approximate surface area is 200 Å². The summed E-state index contributed by atoms with van der Waals surface area (Å²) in [5.74, 6) is 1.10. The van der Waals surface area contributed by atoms with Crippen LogP contribution in [0.15, 0.2) is 59.9 Å². The third-order valence-electron chi connectivity index (χ3n) is 5.21. The number of anilines is 3. The van der Waals surface area contributed by atoms with E-state index >= 15 is 0 Å². The minimum absolute atomic E-state index is 0.0355. The Morgan fingerprint density at radius 1 is 1.12 bits per heavy atom. The fraction of sp³-hybridized carbons (Fsp3) is 0.261. The minimum atomic E-state index is -0.527. The molecule has 1 aliphatic heterocycles. The number of aromatic nitrogens is 2. The van der Waals surface area contributed by atoms with Crippen LogP contribution in [0.5, 0.6) is 5.75 Å². The molecule has 0 atom stereocenters. The lowest BCUT2D eigenvalue weighted by molar-refractivity contribution is -0.113. The van der Waals surface area contributed by atoms with Gasteiger partial charge < -0.3 is 19.9 Å². The van der Waals surface area contributed by atoms with E-state index in [0.717, 1.165) is 43.4 Å². The Morgan fingerprint density at radius 3 is 2.64 bits per heavy atom. The molecule has 3 aromatic rings. The van der Waals surface area contributed by atoms with Gasteiger partial charge in [0.2, 0.25) is 5.91 Å². The number of piperazine rings is 1. The molecular weight excluding hydrogens is 465 g/mol. The molecule has 1 N–H and O–H groups in total. The summed E-state index contributed by atoms with van der Waals surface area (Å²) in [6.07, 6.45) is 1.52. The summed E-state index contributed by atoms with van der Waals surface area (Å²) < 4.78 is 18.7. The highest BCUT2D eigenvalue weighted by molar-refractivity contribution is 7.99. The van der Waals surface area contributed by atoms with Crippen LogP contribution in [0.4, 0.5) is 21.6 Å². The van der Waals surface area contributed by atoms with Crippen molar-refractivity contribution < 1.29 is 13.9 Å². The maximum atomic E-state index is 13.3. The fourth-order valence-electron chi connectivity index (χ4n) is 3.56. The highest BCUT2D eigenvalue weighted by atomic mass is 35.5. The molecule has 1 aliphatic rings. The van der Waals surface area contributed by atoms with Crippen molar-refractivity contribution in [1.29, 1.82) is 0 Å². The summed E-state index contributed by atoms with van der Waals surface area (Å²) in [5.41, 5.74) is 1.54. The second kappa shape index (κ2) is 10.7. The van der Waals surface area contributed by atoms with E-state index in [1.165, 1.54) is 36.3 Å². The van der Waals surface area contributed by atoms with Gasteiger partial charge in [-0.3, -0.25) is 4.79 Å². The zero-order valence-corrected chi connectivity index (χ0v) is 19.6. The maximum absolute atomic E-state index is 13.3.